The number of rotatable bonds is 2. The van der Waals surface area contributed by atoms with Crippen molar-refractivity contribution in [3.63, 3.8) is 0 Å². The van der Waals surface area contributed by atoms with Crippen LogP contribution in [0.2, 0.25) is 0 Å². The highest BCUT2D eigenvalue weighted by atomic mass is 32.2. The van der Waals surface area contributed by atoms with Gasteiger partial charge in [0.2, 0.25) is 0 Å². The Morgan fingerprint density at radius 3 is 2.55 bits per heavy atom. The SMILES string of the molecule is CC1(NS(=O)[O-])CCNCC1. The highest BCUT2D eigenvalue weighted by Gasteiger charge is 2.25. The summed E-state index contributed by atoms with van der Waals surface area (Å²) in [7, 11) is 0. The van der Waals surface area contributed by atoms with Crippen molar-refractivity contribution in [3.05, 3.63) is 0 Å². The molecule has 1 aliphatic rings. The quantitative estimate of drug-likeness (QED) is 0.559. The molecule has 0 spiro atoms. The first kappa shape index (κ1) is 9.12. The Kier molecular flexibility index (Phi) is 3.00. The van der Waals surface area contributed by atoms with Crippen molar-refractivity contribution < 1.29 is 8.76 Å². The van der Waals surface area contributed by atoms with E-state index in [2.05, 4.69) is 10.0 Å². The Hall–Kier alpha value is 0.0300. The largest absolute Gasteiger partial charge is 0.760 e. The van der Waals surface area contributed by atoms with Crippen LogP contribution in [0.25, 0.3) is 0 Å². The highest BCUT2D eigenvalue weighted by molar-refractivity contribution is 7.77. The molecule has 2 N–H and O–H groups in total. The number of piperidine rings is 1. The molecule has 5 heteroatoms. The maximum atomic E-state index is 10.3. The van der Waals surface area contributed by atoms with Crippen LogP contribution in [0.3, 0.4) is 0 Å². The van der Waals surface area contributed by atoms with E-state index < -0.39 is 11.3 Å². The van der Waals surface area contributed by atoms with E-state index in [1.54, 1.807) is 0 Å². The average Bonchev–Trinajstić information content (AvgIpc) is 1.85. The van der Waals surface area contributed by atoms with Crippen molar-refractivity contribution in [3.8, 4) is 0 Å². The van der Waals surface area contributed by atoms with E-state index >= 15 is 0 Å². The van der Waals surface area contributed by atoms with Crippen LogP contribution in [0.4, 0.5) is 0 Å². The monoisotopic (exact) mass is 177 g/mol. The Balaban J connectivity index is 2.43. The number of hydrogen-bond acceptors (Lipinski definition) is 3. The first-order chi connectivity index (χ1) is 5.12. The molecule has 66 valence electrons. The summed E-state index contributed by atoms with van der Waals surface area (Å²) in [6.45, 7) is 3.71. The van der Waals surface area contributed by atoms with Gasteiger partial charge in [0.1, 0.15) is 0 Å². The van der Waals surface area contributed by atoms with Crippen molar-refractivity contribution in [2.24, 2.45) is 0 Å². The predicted molar refractivity (Wildman–Crippen MR) is 42.6 cm³/mol. The summed E-state index contributed by atoms with van der Waals surface area (Å²) in [4.78, 5) is 0. The Morgan fingerprint density at radius 2 is 2.09 bits per heavy atom. The molecule has 0 saturated carbocycles. The second-order valence-corrected chi connectivity index (χ2v) is 3.82. The normalized spacial score (nSPS) is 26.4. The van der Waals surface area contributed by atoms with Gasteiger partial charge in [0.05, 0.1) is 0 Å². The Morgan fingerprint density at radius 1 is 1.55 bits per heavy atom. The third kappa shape index (κ3) is 2.86. The van der Waals surface area contributed by atoms with Gasteiger partial charge >= 0.3 is 0 Å². The van der Waals surface area contributed by atoms with Gasteiger partial charge in [-0.2, -0.15) is 0 Å². The van der Waals surface area contributed by atoms with Crippen LogP contribution >= 0.6 is 0 Å². The van der Waals surface area contributed by atoms with Crippen molar-refractivity contribution in [1.29, 1.82) is 0 Å². The maximum Gasteiger partial charge on any atom is 0.0291 e. The van der Waals surface area contributed by atoms with Gasteiger partial charge in [-0.05, 0) is 32.9 Å². The zero-order valence-electron chi connectivity index (χ0n) is 6.55. The zero-order chi connectivity index (χ0) is 8.32. The Bertz CT molecular complexity index is 157. The first-order valence-electron chi connectivity index (χ1n) is 3.70. The Labute approximate surface area is 69.2 Å². The third-order valence-electron chi connectivity index (χ3n) is 2.04. The average molecular weight is 177 g/mol. The molecule has 0 radical (unpaired) electrons. The molecule has 1 heterocycles. The highest BCUT2D eigenvalue weighted by Crippen LogP contribution is 2.16. The standard InChI is InChI=1S/C6H14N2O2S/c1-6(8-11(9)10)2-4-7-5-3-6/h7-8H,2-5H2,1H3,(H,9,10)/p-1. The lowest BCUT2D eigenvalue weighted by Gasteiger charge is -2.35. The zero-order valence-corrected chi connectivity index (χ0v) is 7.37. The minimum absolute atomic E-state index is 0.224. The summed E-state index contributed by atoms with van der Waals surface area (Å²) >= 11 is -2.13. The number of hydrogen-bond donors (Lipinski definition) is 2. The van der Waals surface area contributed by atoms with Crippen LogP contribution < -0.4 is 10.0 Å². The molecular formula is C6H13N2O2S-. The van der Waals surface area contributed by atoms with Crippen LogP contribution in [0.15, 0.2) is 0 Å². The van der Waals surface area contributed by atoms with Crippen molar-refractivity contribution in [1.82, 2.24) is 10.0 Å². The van der Waals surface area contributed by atoms with Gasteiger partial charge < -0.3 is 9.87 Å². The lowest BCUT2D eigenvalue weighted by atomic mass is 9.92. The van der Waals surface area contributed by atoms with Crippen LogP contribution in [0.5, 0.6) is 0 Å². The summed E-state index contributed by atoms with van der Waals surface area (Å²) in [6.07, 6.45) is 1.72. The maximum absolute atomic E-state index is 10.3. The second-order valence-electron chi connectivity index (χ2n) is 3.15. The summed E-state index contributed by atoms with van der Waals surface area (Å²) in [5.41, 5.74) is -0.224. The topological polar surface area (TPSA) is 64.2 Å². The van der Waals surface area contributed by atoms with Gasteiger partial charge in [-0.1, -0.05) is 0 Å². The molecule has 1 rings (SSSR count). The van der Waals surface area contributed by atoms with E-state index in [1.165, 1.54) is 0 Å². The molecule has 1 fully saturated rings. The summed E-state index contributed by atoms with van der Waals surface area (Å²) < 4.78 is 23.2. The van der Waals surface area contributed by atoms with Crippen molar-refractivity contribution >= 4 is 11.3 Å². The van der Waals surface area contributed by atoms with E-state index in [0.29, 0.717) is 0 Å². The van der Waals surface area contributed by atoms with Gasteiger partial charge in [0.15, 0.2) is 0 Å². The van der Waals surface area contributed by atoms with Crippen molar-refractivity contribution in [2.45, 2.75) is 25.3 Å². The fourth-order valence-corrected chi connectivity index (χ4v) is 1.89. The van der Waals surface area contributed by atoms with Gasteiger partial charge in [-0.3, -0.25) is 4.21 Å². The molecule has 1 atom stereocenters. The molecule has 0 aromatic rings. The first-order valence-corrected chi connectivity index (χ1v) is 4.78. The van der Waals surface area contributed by atoms with Gasteiger partial charge in [0.25, 0.3) is 0 Å². The number of nitrogens with one attached hydrogen (secondary N) is 2. The minimum atomic E-state index is -2.13. The van der Waals surface area contributed by atoms with E-state index in [0.717, 1.165) is 25.9 Å². The lowest BCUT2D eigenvalue weighted by molar-refractivity contribution is 0.304. The van der Waals surface area contributed by atoms with E-state index in [4.69, 9.17) is 0 Å². The molecule has 1 unspecified atom stereocenters. The lowest BCUT2D eigenvalue weighted by Crippen LogP contribution is -2.50. The van der Waals surface area contributed by atoms with Crippen molar-refractivity contribution in [2.75, 3.05) is 13.1 Å². The molecule has 11 heavy (non-hydrogen) atoms. The van der Waals surface area contributed by atoms with Crippen LogP contribution in [0.1, 0.15) is 19.8 Å². The van der Waals surface area contributed by atoms with Gasteiger partial charge in [-0.15, -0.1) is 0 Å². The molecular weight excluding hydrogens is 164 g/mol. The van der Waals surface area contributed by atoms with E-state index in [9.17, 15) is 8.76 Å². The molecule has 0 aromatic carbocycles. The fraction of sp³-hybridized carbons (Fsp3) is 1.00. The third-order valence-corrected chi connectivity index (χ3v) is 2.70. The molecule has 1 aliphatic heterocycles. The van der Waals surface area contributed by atoms with Crippen LogP contribution in [0, 0.1) is 0 Å². The summed E-state index contributed by atoms with van der Waals surface area (Å²) in [6, 6.07) is 0. The summed E-state index contributed by atoms with van der Waals surface area (Å²) in [5.74, 6) is 0. The van der Waals surface area contributed by atoms with Gasteiger partial charge in [0, 0.05) is 16.8 Å². The van der Waals surface area contributed by atoms with Crippen LogP contribution in [-0.4, -0.2) is 27.4 Å². The molecule has 4 nitrogen and oxygen atoms in total. The molecule has 1 saturated heterocycles. The predicted octanol–water partition coefficient (Wildman–Crippen LogP) is -0.488. The van der Waals surface area contributed by atoms with Gasteiger partial charge in [-0.25, -0.2) is 4.72 Å². The fourth-order valence-electron chi connectivity index (χ4n) is 1.28. The molecule has 0 aromatic heterocycles. The molecule has 0 aliphatic carbocycles. The molecule has 0 amide bonds. The second kappa shape index (κ2) is 3.62. The minimum Gasteiger partial charge on any atom is -0.760 e. The molecule has 0 bridgehead atoms. The smallest absolute Gasteiger partial charge is 0.0291 e. The van der Waals surface area contributed by atoms with E-state index in [1.807, 2.05) is 6.92 Å². The van der Waals surface area contributed by atoms with E-state index in [-0.39, 0.29) is 5.54 Å². The summed E-state index contributed by atoms with van der Waals surface area (Å²) in [5, 5.41) is 3.17. The van der Waals surface area contributed by atoms with Crippen LogP contribution in [-0.2, 0) is 11.3 Å².